The highest BCUT2D eigenvalue weighted by Gasteiger charge is 2.29. The summed E-state index contributed by atoms with van der Waals surface area (Å²) in [5.41, 5.74) is 2.15. The van der Waals surface area contributed by atoms with E-state index >= 15 is 0 Å². The number of carbonyl (C=O) groups excluding carboxylic acids is 1. The van der Waals surface area contributed by atoms with Crippen LogP contribution < -0.4 is 0 Å². The standard InChI is InChI=1S/C15H18N2O2S3/c1-9-6-17(7-12(19-9)11-3-4-21-8-11)14(18)5-13-10(2)16-15(20)22-13/h3-4,8-9,12H,5-7H2,1-2H3,(H,16,20)/t9-,12+/m1/s1. The van der Waals surface area contributed by atoms with E-state index in [9.17, 15) is 4.79 Å². The number of nitrogens with one attached hydrogen (secondary N) is 1. The van der Waals surface area contributed by atoms with Crippen molar-refractivity contribution in [3.63, 3.8) is 0 Å². The van der Waals surface area contributed by atoms with Gasteiger partial charge < -0.3 is 14.6 Å². The fraction of sp³-hybridized carbons (Fsp3) is 0.467. The highest BCUT2D eigenvalue weighted by Crippen LogP contribution is 2.27. The van der Waals surface area contributed by atoms with Crippen molar-refractivity contribution in [3.8, 4) is 0 Å². The Labute approximate surface area is 142 Å². The Morgan fingerprint density at radius 3 is 3.00 bits per heavy atom. The van der Waals surface area contributed by atoms with Gasteiger partial charge in [-0.15, -0.1) is 11.3 Å². The fourth-order valence-electron chi connectivity index (χ4n) is 2.65. The van der Waals surface area contributed by atoms with E-state index in [1.54, 1.807) is 11.3 Å². The van der Waals surface area contributed by atoms with Gasteiger partial charge in [-0.25, -0.2) is 0 Å². The van der Waals surface area contributed by atoms with Gasteiger partial charge in [-0.3, -0.25) is 4.79 Å². The zero-order valence-electron chi connectivity index (χ0n) is 12.5. The molecule has 2 aromatic heterocycles. The quantitative estimate of drug-likeness (QED) is 0.855. The predicted octanol–water partition coefficient (Wildman–Crippen LogP) is 3.71. The van der Waals surface area contributed by atoms with Gasteiger partial charge in [0.05, 0.1) is 19.1 Å². The molecule has 7 heteroatoms. The van der Waals surface area contributed by atoms with Crippen LogP contribution in [0.15, 0.2) is 16.8 Å². The second-order valence-corrected chi connectivity index (χ2v) is 8.08. The van der Waals surface area contributed by atoms with Gasteiger partial charge in [0.1, 0.15) is 6.10 Å². The molecule has 0 unspecified atom stereocenters. The Hall–Kier alpha value is -1.02. The molecule has 0 aromatic carbocycles. The normalized spacial score (nSPS) is 22.0. The van der Waals surface area contributed by atoms with Crippen LogP contribution in [-0.2, 0) is 16.0 Å². The number of thiazole rings is 1. The summed E-state index contributed by atoms with van der Waals surface area (Å²) in [6.07, 6.45) is 0.435. The highest BCUT2D eigenvalue weighted by atomic mass is 32.1. The molecule has 1 saturated heterocycles. The van der Waals surface area contributed by atoms with Gasteiger partial charge in [-0.2, -0.15) is 11.3 Å². The number of hydrogen-bond donors (Lipinski definition) is 1. The zero-order chi connectivity index (χ0) is 15.7. The third kappa shape index (κ3) is 3.48. The monoisotopic (exact) mass is 354 g/mol. The second-order valence-electron chi connectivity index (χ2n) is 5.53. The van der Waals surface area contributed by atoms with Gasteiger partial charge in [-0.1, -0.05) is 0 Å². The number of rotatable bonds is 3. The zero-order valence-corrected chi connectivity index (χ0v) is 14.9. The number of hydrogen-bond acceptors (Lipinski definition) is 5. The SMILES string of the molecule is Cc1[nH]c(=S)sc1CC(=O)N1C[C@@H](C)O[C@H](c2ccsc2)C1. The molecule has 2 aromatic rings. The van der Waals surface area contributed by atoms with E-state index in [0.717, 1.165) is 20.1 Å². The third-order valence-electron chi connectivity index (χ3n) is 3.76. The third-order valence-corrected chi connectivity index (χ3v) is 5.80. The van der Waals surface area contributed by atoms with Crippen LogP contribution in [0.2, 0.25) is 0 Å². The molecule has 0 bridgehead atoms. The summed E-state index contributed by atoms with van der Waals surface area (Å²) in [6, 6.07) is 2.07. The topological polar surface area (TPSA) is 45.3 Å². The maximum atomic E-state index is 12.6. The molecule has 118 valence electrons. The minimum absolute atomic E-state index is 0.0236. The summed E-state index contributed by atoms with van der Waals surface area (Å²) < 4.78 is 6.71. The molecular weight excluding hydrogens is 336 g/mol. The van der Waals surface area contributed by atoms with Crippen LogP contribution in [0.3, 0.4) is 0 Å². The summed E-state index contributed by atoms with van der Waals surface area (Å²) in [4.78, 5) is 18.7. The number of aromatic amines is 1. The lowest BCUT2D eigenvalue weighted by Gasteiger charge is -2.36. The summed E-state index contributed by atoms with van der Waals surface area (Å²) in [6.45, 7) is 5.25. The molecule has 0 spiro atoms. The Kier molecular flexibility index (Phi) is 4.77. The van der Waals surface area contributed by atoms with Crippen LogP contribution in [0.5, 0.6) is 0 Å². The van der Waals surface area contributed by atoms with Crippen molar-refractivity contribution < 1.29 is 9.53 Å². The first-order chi connectivity index (χ1) is 10.5. The highest BCUT2D eigenvalue weighted by molar-refractivity contribution is 7.73. The van der Waals surface area contributed by atoms with E-state index in [-0.39, 0.29) is 18.1 Å². The van der Waals surface area contributed by atoms with E-state index in [1.807, 2.05) is 24.1 Å². The van der Waals surface area contributed by atoms with Crippen molar-refractivity contribution in [2.24, 2.45) is 0 Å². The molecule has 4 nitrogen and oxygen atoms in total. The van der Waals surface area contributed by atoms with Crippen molar-refractivity contribution >= 4 is 40.8 Å². The van der Waals surface area contributed by atoms with Crippen LogP contribution >= 0.6 is 34.9 Å². The van der Waals surface area contributed by atoms with Crippen molar-refractivity contribution in [1.29, 1.82) is 0 Å². The average molecular weight is 355 g/mol. The summed E-state index contributed by atoms with van der Waals surface area (Å²) in [5, 5.41) is 4.13. The number of aromatic nitrogens is 1. The molecule has 3 rings (SSSR count). The van der Waals surface area contributed by atoms with Gasteiger partial charge in [0.2, 0.25) is 5.91 Å². The molecule has 1 N–H and O–H groups in total. The second kappa shape index (κ2) is 6.62. The Bertz CT molecular complexity index is 705. The molecule has 0 radical (unpaired) electrons. The van der Waals surface area contributed by atoms with Crippen molar-refractivity contribution in [1.82, 2.24) is 9.88 Å². The number of thiophene rings is 1. The molecule has 3 heterocycles. The molecule has 22 heavy (non-hydrogen) atoms. The minimum atomic E-state index is -0.0236. The maximum absolute atomic E-state index is 12.6. The number of nitrogens with zero attached hydrogens (tertiary/aromatic N) is 1. The summed E-state index contributed by atoms with van der Waals surface area (Å²) >= 11 is 8.28. The Balaban J connectivity index is 1.71. The van der Waals surface area contributed by atoms with E-state index in [0.29, 0.717) is 19.5 Å². The molecule has 0 aliphatic carbocycles. The van der Waals surface area contributed by atoms with Crippen LogP contribution in [-0.4, -0.2) is 35.0 Å². The van der Waals surface area contributed by atoms with Gasteiger partial charge in [-0.05, 0) is 48.5 Å². The molecule has 1 aliphatic rings. The number of amides is 1. The molecular formula is C15H18N2O2S3. The van der Waals surface area contributed by atoms with Gasteiger partial charge in [0.25, 0.3) is 0 Å². The minimum Gasteiger partial charge on any atom is -0.367 e. The van der Waals surface area contributed by atoms with Crippen LogP contribution in [0, 0.1) is 10.9 Å². The van der Waals surface area contributed by atoms with Crippen molar-refractivity contribution in [3.05, 3.63) is 36.9 Å². The van der Waals surface area contributed by atoms with E-state index in [2.05, 4.69) is 16.4 Å². The number of ether oxygens (including phenoxy) is 1. The van der Waals surface area contributed by atoms with Crippen LogP contribution in [0.4, 0.5) is 0 Å². The first kappa shape index (κ1) is 15.9. The molecule has 1 aliphatic heterocycles. The molecule has 1 fully saturated rings. The van der Waals surface area contributed by atoms with E-state index < -0.39 is 0 Å². The first-order valence-electron chi connectivity index (χ1n) is 7.17. The van der Waals surface area contributed by atoms with Gasteiger partial charge in [0, 0.05) is 17.1 Å². The smallest absolute Gasteiger partial charge is 0.228 e. The average Bonchev–Trinajstić information content (AvgIpc) is 3.09. The van der Waals surface area contributed by atoms with Crippen molar-refractivity contribution in [2.45, 2.75) is 32.5 Å². The van der Waals surface area contributed by atoms with Crippen LogP contribution in [0.25, 0.3) is 0 Å². The largest absolute Gasteiger partial charge is 0.367 e. The summed E-state index contributed by atoms with van der Waals surface area (Å²) in [7, 11) is 0. The molecule has 0 saturated carbocycles. The fourth-order valence-corrected chi connectivity index (χ4v) is 4.64. The summed E-state index contributed by atoms with van der Waals surface area (Å²) in [5.74, 6) is 0.142. The number of morpholine rings is 1. The van der Waals surface area contributed by atoms with Crippen LogP contribution in [0.1, 0.15) is 29.2 Å². The molecule has 1 amide bonds. The Morgan fingerprint density at radius 2 is 2.36 bits per heavy atom. The Morgan fingerprint density at radius 1 is 1.55 bits per heavy atom. The lowest BCUT2D eigenvalue weighted by molar-refractivity contribution is -0.144. The van der Waals surface area contributed by atoms with Gasteiger partial charge >= 0.3 is 0 Å². The number of carbonyl (C=O) groups is 1. The molecule has 2 atom stereocenters. The van der Waals surface area contributed by atoms with Crippen molar-refractivity contribution in [2.75, 3.05) is 13.1 Å². The lowest BCUT2D eigenvalue weighted by Crippen LogP contribution is -2.46. The number of H-pyrrole nitrogens is 1. The maximum Gasteiger partial charge on any atom is 0.228 e. The predicted molar refractivity (Wildman–Crippen MR) is 92.1 cm³/mol. The first-order valence-corrected chi connectivity index (χ1v) is 9.33. The van der Waals surface area contributed by atoms with E-state index in [1.165, 1.54) is 11.3 Å². The number of aryl methyl sites for hydroxylation is 1. The van der Waals surface area contributed by atoms with E-state index in [4.69, 9.17) is 17.0 Å². The lowest BCUT2D eigenvalue weighted by atomic mass is 10.1. The van der Waals surface area contributed by atoms with Gasteiger partial charge in [0.15, 0.2) is 3.95 Å².